The molecule has 0 aromatic carbocycles. The van der Waals surface area contributed by atoms with Crippen LogP contribution in [-0.4, -0.2) is 32.8 Å². The van der Waals surface area contributed by atoms with E-state index < -0.39 is 0 Å². The fourth-order valence-electron chi connectivity index (χ4n) is 1.39. The summed E-state index contributed by atoms with van der Waals surface area (Å²) in [4.78, 5) is 14.9. The van der Waals surface area contributed by atoms with Crippen LogP contribution < -0.4 is 5.32 Å². The molecule has 0 bridgehead atoms. The Morgan fingerprint density at radius 3 is 3.11 bits per heavy atom. The Kier molecular flexibility index (Phi) is 3.95. The summed E-state index contributed by atoms with van der Waals surface area (Å²) < 4.78 is 5.08. The molecule has 0 fully saturated rings. The van der Waals surface area contributed by atoms with Crippen molar-refractivity contribution in [3.05, 3.63) is 24.2 Å². The highest BCUT2D eigenvalue weighted by molar-refractivity contribution is 5.72. The minimum Gasteiger partial charge on any atom is -0.356 e. The van der Waals surface area contributed by atoms with Gasteiger partial charge in [0.25, 0.3) is 0 Å². The third-order valence-electron chi connectivity index (χ3n) is 2.21. The number of hydrogen-bond acceptors (Lipinski definition) is 6. The lowest BCUT2D eigenvalue weighted by Gasteiger charge is -1.98. The second-order valence-corrected chi connectivity index (χ2v) is 3.71. The van der Waals surface area contributed by atoms with Crippen LogP contribution in [0.5, 0.6) is 0 Å². The van der Waals surface area contributed by atoms with Crippen molar-refractivity contribution in [1.82, 2.24) is 25.7 Å². The van der Waals surface area contributed by atoms with Crippen molar-refractivity contribution in [2.24, 2.45) is 0 Å². The molecule has 2 rings (SSSR count). The van der Waals surface area contributed by atoms with Crippen molar-refractivity contribution in [2.75, 3.05) is 6.54 Å². The van der Waals surface area contributed by atoms with Gasteiger partial charge in [-0.2, -0.15) is 10.1 Å². The molecule has 0 aliphatic heterocycles. The summed E-state index contributed by atoms with van der Waals surface area (Å²) in [6, 6.07) is 3.52. The first-order valence-corrected chi connectivity index (χ1v) is 5.61. The maximum Gasteiger partial charge on any atom is 0.227 e. The first kappa shape index (κ1) is 12.2. The van der Waals surface area contributed by atoms with Gasteiger partial charge in [0.15, 0.2) is 0 Å². The maximum atomic E-state index is 10.7. The van der Waals surface area contributed by atoms with Crippen LogP contribution in [0.1, 0.15) is 19.2 Å². The zero-order valence-electron chi connectivity index (χ0n) is 9.96. The fraction of sp³-hybridized carbons (Fsp3) is 0.364. The molecular weight excluding hydrogens is 234 g/mol. The Labute approximate surface area is 104 Å². The Hall–Kier alpha value is -2.31. The van der Waals surface area contributed by atoms with Gasteiger partial charge in [0.05, 0.1) is 0 Å². The lowest BCUT2D eigenvalue weighted by atomic mass is 10.3. The molecule has 1 amide bonds. The number of carbonyl (C=O) groups is 1. The monoisotopic (exact) mass is 247 g/mol. The highest BCUT2D eigenvalue weighted by atomic mass is 16.5. The van der Waals surface area contributed by atoms with Crippen LogP contribution in [0.3, 0.4) is 0 Å². The molecule has 0 atom stereocenters. The van der Waals surface area contributed by atoms with Crippen molar-refractivity contribution in [3.63, 3.8) is 0 Å². The van der Waals surface area contributed by atoms with Crippen LogP contribution in [0.25, 0.3) is 11.5 Å². The first-order valence-electron chi connectivity index (χ1n) is 5.61. The molecule has 2 aromatic rings. The number of amides is 1. The Bertz CT molecular complexity index is 511. The van der Waals surface area contributed by atoms with E-state index in [0.717, 1.165) is 6.42 Å². The van der Waals surface area contributed by atoms with Crippen molar-refractivity contribution in [2.45, 2.75) is 19.8 Å². The van der Waals surface area contributed by atoms with E-state index in [4.69, 9.17) is 4.52 Å². The standard InChI is InChI=1S/C11H13N5O2/c1-8(17)12-6-3-5-10-14-11(16-18-10)9-4-2-7-13-15-9/h2,4,7H,3,5-6H2,1H3,(H,12,17). The molecule has 7 heteroatoms. The highest BCUT2D eigenvalue weighted by Crippen LogP contribution is 2.11. The van der Waals surface area contributed by atoms with Gasteiger partial charge in [-0.1, -0.05) is 5.16 Å². The van der Waals surface area contributed by atoms with Gasteiger partial charge in [-0.05, 0) is 18.6 Å². The molecule has 1 N–H and O–H groups in total. The van der Waals surface area contributed by atoms with Gasteiger partial charge >= 0.3 is 0 Å². The Morgan fingerprint density at radius 2 is 2.39 bits per heavy atom. The zero-order valence-corrected chi connectivity index (χ0v) is 9.96. The quantitative estimate of drug-likeness (QED) is 0.777. The molecule has 0 saturated heterocycles. The van der Waals surface area contributed by atoms with Gasteiger partial charge in [0.1, 0.15) is 5.69 Å². The van der Waals surface area contributed by atoms with Crippen LogP contribution in [0.15, 0.2) is 22.9 Å². The number of nitrogens with zero attached hydrogens (tertiary/aromatic N) is 4. The van der Waals surface area contributed by atoms with Crippen LogP contribution in [0.4, 0.5) is 0 Å². The minimum absolute atomic E-state index is 0.0409. The number of hydrogen-bond donors (Lipinski definition) is 1. The normalized spacial score (nSPS) is 10.3. The molecule has 0 aliphatic carbocycles. The third kappa shape index (κ3) is 3.34. The largest absolute Gasteiger partial charge is 0.356 e. The first-order chi connectivity index (χ1) is 8.75. The van der Waals surface area contributed by atoms with Crippen molar-refractivity contribution < 1.29 is 9.32 Å². The van der Waals surface area contributed by atoms with Gasteiger partial charge < -0.3 is 9.84 Å². The van der Waals surface area contributed by atoms with Gasteiger partial charge in [-0.3, -0.25) is 4.79 Å². The van der Waals surface area contributed by atoms with E-state index in [1.54, 1.807) is 18.3 Å². The third-order valence-corrected chi connectivity index (χ3v) is 2.21. The molecule has 2 heterocycles. The summed E-state index contributed by atoms with van der Waals surface area (Å²) in [6.45, 7) is 2.08. The van der Waals surface area contributed by atoms with Crippen LogP contribution in [0, 0.1) is 0 Å². The van der Waals surface area contributed by atoms with Gasteiger partial charge in [-0.15, -0.1) is 5.10 Å². The second kappa shape index (κ2) is 5.85. The molecule has 94 valence electrons. The summed E-state index contributed by atoms with van der Waals surface area (Å²) >= 11 is 0. The number of nitrogens with one attached hydrogen (secondary N) is 1. The predicted octanol–water partition coefficient (Wildman–Crippen LogP) is 0.595. The molecule has 0 radical (unpaired) electrons. The summed E-state index contributed by atoms with van der Waals surface area (Å²) in [5.41, 5.74) is 0.578. The highest BCUT2D eigenvalue weighted by Gasteiger charge is 2.09. The van der Waals surface area contributed by atoms with E-state index in [1.807, 2.05) is 0 Å². The Balaban J connectivity index is 1.89. The number of carbonyl (C=O) groups excluding carboxylic acids is 1. The molecule has 0 saturated carbocycles. The van der Waals surface area contributed by atoms with Crippen LogP contribution in [-0.2, 0) is 11.2 Å². The number of aromatic nitrogens is 4. The fourth-order valence-corrected chi connectivity index (χ4v) is 1.39. The SMILES string of the molecule is CC(=O)NCCCc1nc(-c2cccnn2)no1. The summed E-state index contributed by atoms with van der Waals surface area (Å²) in [5.74, 6) is 0.916. The average molecular weight is 247 g/mol. The topological polar surface area (TPSA) is 93.8 Å². The van der Waals surface area contributed by atoms with Crippen molar-refractivity contribution in [1.29, 1.82) is 0 Å². The van der Waals surface area contributed by atoms with Gasteiger partial charge in [0, 0.05) is 26.1 Å². The molecule has 0 unspecified atom stereocenters. The lowest BCUT2D eigenvalue weighted by Crippen LogP contribution is -2.21. The zero-order chi connectivity index (χ0) is 12.8. The maximum absolute atomic E-state index is 10.7. The summed E-state index contributed by atoms with van der Waals surface area (Å²) in [6.07, 6.45) is 2.95. The number of aryl methyl sites for hydroxylation is 1. The van der Waals surface area contributed by atoms with E-state index in [9.17, 15) is 4.79 Å². The predicted molar refractivity (Wildman–Crippen MR) is 62.3 cm³/mol. The van der Waals surface area contributed by atoms with Crippen LogP contribution in [0.2, 0.25) is 0 Å². The molecule has 7 nitrogen and oxygen atoms in total. The lowest BCUT2D eigenvalue weighted by molar-refractivity contribution is -0.118. The van der Waals surface area contributed by atoms with E-state index in [2.05, 4.69) is 25.7 Å². The second-order valence-electron chi connectivity index (χ2n) is 3.71. The molecule has 0 aliphatic rings. The molecule has 2 aromatic heterocycles. The van der Waals surface area contributed by atoms with E-state index in [-0.39, 0.29) is 5.91 Å². The van der Waals surface area contributed by atoms with Crippen molar-refractivity contribution >= 4 is 5.91 Å². The molecular formula is C11H13N5O2. The van der Waals surface area contributed by atoms with Crippen LogP contribution >= 0.6 is 0 Å². The summed E-state index contributed by atoms with van der Waals surface area (Å²) in [5, 5.41) is 14.2. The van der Waals surface area contributed by atoms with E-state index in [0.29, 0.717) is 30.4 Å². The summed E-state index contributed by atoms with van der Waals surface area (Å²) in [7, 11) is 0. The molecule has 18 heavy (non-hydrogen) atoms. The number of rotatable bonds is 5. The Morgan fingerprint density at radius 1 is 1.50 bits per heavy atom. The smallest absolute Gasteiger partial charge is 0.227 e. The van der Waals surface area contributed by atoms with Gasteiger partial charge in [0.2, 0.25) is 17.6 Å². The van der Waals surface area contributed by atoms with E-state index in [1.165, 1.54) is 6.92 Å². The average Bonchev–Trinajstić information content (AvgIpc) is 2.84. The van der Waals surface area contributed by atoms with Crippen molar-refractivity contribution in [3.8, 4) is 11.5 Å². The van der Waals surface area contributed by atoms with E-state index >= 15 is 0 Å². The van der Waals surface area contributed by atoms with Gasteiger partial charge in [-0.25, -0.2) is 0 Å². The minimum atomic E-state index is -0.0409. The molecule has 0 spiro atoms.